The second-order valence-corrected chi connectivity index (χ2v) is 7.04. The minimum absolute atomic E-state index is 0.0540. The molecule has 0 spiro atoms. The highest BCUT2D eigenvalue weighted by atomic mass is 32.2. The molecular formula is C15H22N2O3S. The fraction of sp³-hybridized carbons (Fsp3) is 0.533. The molecule has 0 radical (unpaired) electrons. The average molecular weight is 310 g/mol. The monoisotopic (exact) mass is 310 g/mol. The Morgan fingerprint density at radius 3 is 2.48 bits per heavy atom. The molecule has 1 saturated carbocycles. The molecule has 1 aliphatic rings. The maximum Gasteiger partial charge on any atom is 0.253 e. The number of aryl methyl sites for hydroxylation is 1. The molecule has 116 valence electrons. The predicted molar refractivity (Wildman–Crippen MR) is 81.5 cm³/mol. The van der Waals surface area contributed by atoms with Gasteiger partial charge in [0.15, 0.2) is 0 Å². The minimum Gasteiger partial charge on any atom is -0.339 e. The van der Waals surface area contributed by atoms with Crippen molar-refractivity contribution < 1.29 is 13.2 Å². The van der Waals surface area contributed by atoms with E-state index in [0.717, 1.165) is 6.54 Å². The first kappa shape index (κ1) is 16.0. The molecule has 0 bridgehead atoms. The van der Waals surface area contributed by atoms with Crippen LogP contribution >= 0.6 is 0 Å². The van der Waals surface area contributed by atoms with Gasteiger partial charge in [0.05, 0.1) is 4.90 Å². The number of hydrogen-bond donors (Lipinski definition) is 1. The van der Waals surface area contributed by atoms with Gasteiger partial charge in [-0.3, -0.25) is 4.79 Å². The van der Waals surface area contributed by atoms with E-state index in [2.05, 4.69) is 0 Å². The molecule has 0 aliphatic heterocycles. The van der Waals surface area contributed by atoms with Crippen LogP contribution in [0.1, 0.15) is 42.6 Å². The van der Waals surface area contributed by atoms with Gasteiger partial charge in [0.25, 0.3) is 5.91 Å². The molecule has 1 aromatic rings. The molecule has 1 amide bonds. The van der Waals surface area contributed by atoms with Crippen LogP contribution in [0.2, 0.25) is 0 Å². The predicted octanol–water partition coefficient (Wildman–Crippen LogP) is 1.77. The van der Waals surface area contributed by atoms with E-state index in [1.165, 1.54) is 18.9 Å². The molecule has 0 saturated heterocycles. The molecule has 1 fully saturated rings. The summed E-state index contributed by atoms with van der Waals surface area (Å²) in [5.41, 5.74) is 1.03. The molecule has 21 heavy (non-hydrogen) atoms. The number of nitrogens with zero attached hydrogens (tertiary/aromatic N) is 1. The molecule has 1 aromatic carbocycles. The first-order valence-electron chi connectivity index (χ1n) is 7.31. The number of amides is 1. The molecule has 2 rings (SSSR count). The van der Waals surface area contributed by atoms with Crippen molar-refractivity contribution in [3.05, 3.63) is 29.3 Å². The Morgan fingerprint density at radius 2 is 2.00 bits per heavy atom. The van der Waals surface area contributed by atoms with E-state index in [9.17, 15) is 13.2 Å². The summed E-state index contributed by atoms with van der Waals surface area (Å²) in [5, 5.41) is 5.25. The Kier molecular flexibility index (Phi) is 4.68. The average Bonchev–Trinajstić information content (AvgIpc) is 3.26. The van der Waals surface area contributed by atoms with Crippen molar-refractivity contribution in [2.24, 2.45) is 11.1 Å². The lowest BCUT2D eigenvalue weighted by molar-refractivity contribution is 0.0756. The summed E-state index contributed by atoms with van der Waals surface area (Å²) in [4.78, 5) is 14.3. The van der Waals surface area contributed by atoms with Crippen molar-refractivity contribution in [3.8, 4) is 0 Å². The lowest BCUT2D eigenvalue weighted by Gasteiger charge is -2.21. The Hall–Kier alpha value is -1.40. The summed E-state index contributed by atoms with van der Waals surface area (Å²) < 4.78 is 23.3. The largest absolute Gasteiger partial charge is 0.339 e. The number of nitrogens with two attached hydrogens (primary N) is 1. The summed E-state index contributed by atoms with van der Waals surface area (Å²) in [5.74, 6) is 0.471. The SMILES string of the molecule is CCc1ccc(C(=O)N(CC)CC2CC2)cc1S(N)(=O)=O. The molecule has 0 aromatic heterocycles. The molecule has 1 aliphatic carbocycles. The first-order valence-corrected chi connectivity index (χ1v) is 8.86. The number of carbonyl (C=O) groups excluding carboxylic acids is 1. The Balaban J connectivity index is 2.32. The molecule has 5 nitrogen and oxygen atoms in total. The molecule has 0 unspecified atom stereocenters. The van der Waals surface area contributed by atoms with Crippen LogP contribution in [0.3, 0.4) is 0 Å². The fourth-order valence-corrected chi connectivity index (χ4v) is 3.26. The third-order valence-electron chi connectivity index (χ3n) is 3.85. The van der Waals surface area contributed by atoms with Gasteiger partial charge >= 0.3 is 0 Å². The van der Waals surface area contributed by atoms with Gasteiger partial charge in [0.1, 0.15) is 0 Å². The second-order valence-electron chi connectivity index (χ2n) is 5.51. The normalized spacial score (nSPS) is 15.0. The zero-order chi connectivity index (χ0) is 15.6. The van der Waals surface area contributed by atoms with Crippen molar-refractivity contribution in [1.82, 2.24) is 4.90 Å². The summed E-state index contributed by atoms with van der Waals surface area (Å²) in [6.45, 7) is 5.16. The van der Waals surface area contributed by atoms with Crippen LogP contribution in [0.5, 0.6) is 0 Å². The van der Waals surface area contributed by atoms with Crippen LogP contribution in [-0.2, 0) is 16.4 Å². The van der Waals surface area contributed by atoms with Crippen molar-refractivity contribution >= 4 is 15.9 Å². The molecule has 6 heteroatoms. The van der Waals surface area contributed by atoms with Gasteiger partial charge in [-0.15, -0.1) is 0 Å². The van der Waals surface area contributed by atoms with Gasteiger partial charge in [-0.05, 0) is 49.8 Å². The third kappa shape index (κ3) is 3.83. The summed E-state index contributed by atoms with van der Waals surface area (Å²) in [7, 11) is -3.82. The number of benzene rings is 1. The van der Waals surface area contributed by atoms with Gasteiger partial charge in [0.2, 0.25) is 10.0 Å². The first-order chi connectivity index (χ1) is 9.86. The third-order valence-corrected chi connectivity index (χ3v) is 4.84. The van der Waals surface area contributed by atoms with E-state index < -0.39 is 10.0 Å². The van der Waals surface area contributed by atoms with Gasteiger partial charge in [-0.2, -0.15) is 0 Å². The zero-order valence-electron chi connectivity index (χ0n) is 12.5. The summed E-state index contributed by atoms with van der Waals surface area (Å²) in [6.07, 6.45) is 2.89. The quantitative estimate of drug-likeness (QED) is 0.869. The van der Waals surface area contributed by atoms with Gasteiger partial charge < -0.3 is 4.90 Å². The second kappa shape index (κ2) is 6.15. The number of primary sulfonamides is 1. The van der Waals surface area contributed by atoms with E-state index in [-0.39, 0.29) is 10.8 Å². The zero-order valence-corrected chi connectivity index (χ0v) is 13.3. The van der Waals surface area contributed by atoms with E-state index >= 15 is 0 Å². The maximum atomic E-state index is 12.5. The standard InChI is InChI=1S/C15H22N2O3S/c1-3-12-7-8-13(9-14(12)21(16,19)20)15(18)17(4-2)10-11-5-6-11/h7-9,11H,3-6,10H2,1-2H3,(H2,16,19,20). The summed E-state index contributed by atoms with van der Waals surface area (Å²) >= 11 is 0. The lowest BCUT2D eigenvalue weighted by Crippen LogP contribution is -2.33. The van der Waals surface area contributed by atoms with Crippen molar-refractivity contribution in [2.45, 2.75) is 38.0 Å². The van der Waals surface area contributed by atoms with Crippen molar-refractivity contribution in [2.75, 3.05) is 13.1 Å². The van der Waals surface area contributed by atoms with Crippen LogP contribution in [0, 0.1) is 5.92 Å². The van der Waals surface area contributed by atoms with E-state index in [1.54, 1.807) is 17.0 Å². The highest BCUT2D eigenvalue weighted by Crippen LogP contribution is 2.30. The van der Waals surface area contributed by atoms with E-state index in [0.29, 0.717) is 30.0 Å². The number of sulfonamides is 1. The number of rotatable bonds is 6. The number of carbonyl (C=O) groups is 1. The Bertz CT molecular complexity index is 636. The van der Waals surface area contributed by atoms with Crippen molar-refractivity contribution in [1.29, 1.82) is 0 Å². The smallest absolute Gasteiger partial charge is 0.253 e. The van der Waals surface area contributed by atoms with Crippen LogP contribution in [0.25, 0.3) is 0 Å². The Morgan fingerprint density at radius 1 is 1.33 bits per heavy atom. The van der Waals surface area contributed by atoms with Crippen LogP contribution < -0.4 is 5.14 Å². The Labute approximate surface area is 126 Å². The van der Waals surface area contributed by atoms with Crippen LogP contribution in [0.15, 0.2) is 23.1 Å². The minimum atomic E-state index is -3.82. The van der Waals surface area contributed by atoms with Crippen molar-refractivity contribution in [3.63, 3.8) is 0 Å². The molecule has 0 heterocycles. The lowest BCUT2D eigenvalue weighted by atomic mass is 10.1. The van der Waals surface area contributed by atoms with Crippen LogP contribution in [0.4, 0.5) is 0 Å². The number of hydrogen-bond acceptors (Lipinski definition) is 3. The molecule has 2 N–H and O–H groups in total. The highest BCUT2D eigenvalue weighted by molar-refractivity contribution is 7.89. The van der Waals surface area contributed by atoms with E-state index in [4.69, 9.17) is 5.14 Å². The van der Waals surface area contributed by atoms with Gasteiger partial charge in [0, 0.05) is 18.7 Å². The van der Waals surface area contributed by atoms with E-state index in [1.807, 2.05) is 13.8 Å². The van der Waals surface area contributed by atoms with Gasteiger partial charge in [-0.25, -0.2) is 13.6 Å². The fourth-order valence-electron chi connectivity index (χ4n) is 2.39. The molecule has 0 atom stereocenters. The highest BCUT2D eigenvalue weighted by Gasteiger charge is 2.27. The topological polar surface area (TPSA) is 80.5 Å². The molecular weight excluding hydrogens is 288 g/mol. The summed E-state index contributed by atoms with van der Waals surface area (Å²) in [6, 6.07) is 4.77. The van der Waals surface area contributed by atoms with Gasteiger partial charge in [-0.1, -0.05) is 13.0 Å². The van der Waals surface area contributed by atoms with Crippen LogP contribution in [-0.4, -0.2) is 32.3 Å². The maximum absolute atomic E-state index is 12.5.